The minimum Gasteiger partial charge on any atom is -0.456 e. The van der Waals surface area contributed by atoms with E-state index >= 15 is 0 Å². The lowest BCUT2D eigenvalue weighted by Gasteiger charge is -2.19. The Kier molecular flexibility index (Phi) is 3.47. The van der Waals surface area contributed by atoms with Crippen molar-refractivity contribution < 1.29 is 14.3 Å². The molecule has 0 bridgehead atoms. The Labute approximate surface area is 104 Å². The first kappa shape index (κ1) is 13.5. The lowest BCUT2D eigenvalue weighted by molar-refractivity contribution is 0.00745. The summed E-state index contributed by atoms with van der Waals surface area (Å²) in [5.41, 5.74) is 10.9. The van der Waals surface area contributed by atoms with E-state index < -0.39 is 17.5 Å². The molecular formula is C11H16N2O3S. The number of anilines is 1. The topological polar surface area (TPSA) is 95.4 Å². The number of rotatable bonds is 2. The fourth-order valence-corrected chi connectivity index (χ4v) is 2.32. The largest absolute Gasteiger partial charge is 0.456 e. The molecule has 0 spiro atoms. The summed E-state index contributed by atoms with van der Waals surface area (Å²) >= 11 is 1.02. The molecule has 4 N–H and O–H groups in total. The van der Waals surface area contributed by atoms with Gasteiger partial charge in [0.1, 0.15) is 10.5 Å². The SMILES string of the molecule is Cc1c(C(=O)OC(C)(C)C)sc(N)c1C(N)=O. The molecule has 0 atom stereocenters. The molecule has 0 aliphatic rings. The summed E-state index contributed by atoms with van der Waals surface area (Å²) in [6.45, 7) is 6.94. The molecule has 1 rings (SSSR count). The molecule has 1 aromatic heterocycles. The van der Waals surface area contributed by atoms with Crippen molar-refractivity contribution in [2.24, 2.45) is 5.73 Å². The third-order valence-electron chi connectivity index (χ3n) is 2.00. The Morgan fingerprint density at radius 3 is 2.18 bits per heavy atom. The fraction of sp³-hybridized carbons (Fsp3) is 0.455. The number of esters is 1. The number of carbonyl (C=O) groups is 2. The van der Waals surface area contributed by atoms with E-state index in [0.717, 1.165) is 11.3 Å². The van der Waals surface area contributed by atoms with Gasteiger partial charge in [0.25, 0.3) is 5.91 Å². The first-order valence-corrected chi connectivity index (χ1v) is 5.87. The van der Waals surface area contributed by atoms with Crippen molar-refractivity contribution in [2.45, 2.75) is 33.3 Å². The highest BCUT2D eigenvalue weighted by atomic mass is 32.1. The summed E-state index contributed by atoms with van der Waals surface area (Å²) in [6, 6.07) is 0. The maximum absolute atomic E-state index is 11.8. The van der Waals surface area contributed by atoms with Crippen LogP contribution in [0.4, 0.5) is 5.00 Å². The van der Waals surface area contributed by atoms with Crippen LogP contribution < -0.4 is 11.5 Å². The lowest BCUT2D eigenvalue weighted by atomic mass is 10.1. The summed E-state index contributed by atoms with van der Waals surface area (Å²) in [4.78, 5) is 23.3. The average Bonchev–Trinajstić information content (AvgIpc) is 2.38. The number of carbonyl (C=O) groups excluding carboxylic acids is 2. The van der Waals surface area contributed by atoms with Crippen LogP contribution in [0.15, 0.2) is 0 Å². The molecule has 17 heavy (non-hydrogen) atoms. The first-order valence-electron chi connectivity index (χ1n) is 5.05. The predicted octanol–water partition coefficient (Wildman–Crippen LogP) is 1.69. The molecule has 0 aliphatic carbocycles. The maximum atomic E-state index is 11.8. The molecular weight excluding hydrogens is 240 g/mol. The van der Waals surface area contributed by atoms with Gasteiger partial charge in [-0.05, 0) is 33.3 Å². The van der Waals surface area contributed by atoms with Gasteiger partial charge in [-0.15, -0.1) is 11.3 Å². The van der Waals surface area contributed by atoms with Crippen LogP contribution in [0.3, 0.4) is 0 Å². The number of nitrogens with two attached hydrogens (primary N) is 2. The molecule has 6 heteroatoms. The van der Waals surface area contributed by atoms with E-state index in [4.69, 9.17) is 16.2 Å². The van der Waals surface area contributed by atoms with Crippen LogP contribution in [0, 0.1) is 6.92 Å². The van der Waals surface area contributed by atoms with Gasteiger partial charge in [0, 0.05) is 0 Å². The minimum atomic E-state index is -0.633. The van der Waals surface area contributed by atoms with Gasteiger partial charge in [0.05, 0.1) is 10.6 Å². The summed E-state index contributed by atoms with van der Waals surface area (Å²) in [5.74, 6) is -1.12. The van der Waals surface area contributed by atoms with Crippen LogP contribution in [0.1, 0.15) is 46.4 Å². The Hall–Kier alpha value is -1.56. The van der Waals surface area contributed by atoms with Gasteiger partial charge in [-0.25, -0.2) is 4.79 Å². The zero-order chi connectivity index (χ0) is 13.4. The Morgan fingerprint density at radius 1 is 1.29 bits per heavy atom. The lowest BCUT2D eigenvalue weighted by Crippen LogP contribution is -2.24. The molecule has 1 aromatic rings. The van der Waals surface area contributed by atoms with Gasteiger partial charge in [-0.1, -0.05) is 0 Å². The zero-order valence-electron chi connectivity index (χ0n) is 10.3. The molecule has 0 radical (unpaired) electrons. The summed E-state index contributed by atoms with van der Waals surface area (Å²) in [6.07, 6.45) is 0. The molecule has 0 aromatic carbocycles. The van der Waals surface area contributed by atoms with Gasteiger partial charge in [-0.3, -0.25) is 4.79 Å². The van der Waals surface area contributed by atoms with Crippen molar-refractivity contribution in [3.05, 3.63) is 16.0 Å². The normalized spacial score (nSPS) is 11.3. The number of nitrogen functional groups attached to an aromatic ring is 1. The first-order chi connectivity index (χ1) is 7.63. The van der Waals surface area contributed by atoms with Gasteiger partial charge >= 0.3 is 5.97 Å². The fourth-order valence-electron chi connectivity index (χ4n) is 1.36. The highest BCUT2D eigenvalue weighted by Gasteiger charge is 2.25. The maximum Gasteiger partial charge on any atom is 0.349 e. The van der Waals surface area contributed by atoms with Crippen molar-refractivity contribution >= 4 is 28.2 Å². The molecule has 0 unspecified atom stereocenters. The third-order valence-corrected chi connectivity index (χ3v) is 3.11. The molecule has 1 heterocycles. The molecule has 1 amide bonds. The van der Waals surface area contributed by atoms with E-state index in [-0.39, 0.29) is 10.6 Å². The van der Waals surface area contributed by atoms with Crippen molar-refractivity contribution in [2.75, 3.05) is 5.73 Å². The quantitative estimate of drug-likeness (QED) is 0.787. The Morgan fingerprint density at radius 2 is 1.82 bits per heavy atom. The highest BCUT2D eigenvalue weighted by Crippen LogP contribution is 2.31. The van der Waals surface area contributed by atoms with E-state index in [9.17, 15) is 9.59 Å². The summed E-state index contributed by atoms with van der Waals surface area (Å²) < 4.78 is 5.22. The third kappa shape index (κ3) is 2.97. The second-order valence-electron chi connectivity index (χ2n) is 4.66. The van der Waals surface area contributed by atoms with E-state index in [2.05, 4.69) is 0 Å². The summed E-state index contributed by atoms with van der Waals surface area (Å²) in [7, 11) is 0. The van der Waals surface area contributed by atoms with Crippen LogP contribution >= 0.6 is 11.3 Å². The summed E-state index contributed by atoms with van der Waals surface area (Å²) in [5, 5.41) is 0.246. The van der Waals surface area contributed by atoms with Crippen molar-refractivity contribution in [3.8, 4) is 0 Å². The number of hydrogen-bond acceptors (Lipinski definition) is 5. The number of ether oxygens (including phenoxy) is 1. The van der Waals surface area contributed by atoms with Crippen molar-refractivity contribution in [1.82, 2.24) is 0 Å². The Bertz CT molecular complexity index is 472. The highest BCUT2D eigenvalue weighted by molar-refractivity contribution is 7.18. The second kappa shape index (κ2) is 4.37. The molecule has 0 aliphatic heterocycles. The second-order valence-corrected chi connectivity index (χ2v) is 5.71. The molecule has 0 saturated heterocycles. The monoisotopic (exact) mass is 256 g/mol. The zero-order valence-corrected chi connectivity index (χ0v) is 11.1. The number of amides is 1. The molecule has 5 nitrogen and oxygen atoms in total. The van der Waals surface area contributed by atoms with Gasteiger partial charge in [0.2, 0.25) is 0 Å². The van der Waals surface area contributed by atoms with Gasteiger partial charge in [-0.2, -0.15) is 0 Å². The van der Waals surface area contributed by atoms with Crippen LogP contribution in [-0.2, 0) is 4.74 Å². The van der Waals surface area contributed by atoms with Gasteiger partial charge in [0.15, 0.2) is 0 Å². The van der Waals surface area contributed by atoms with Gasteiger partial charge < -0.3 is 16.2 Å². The van der Waals surface area contributed by atoms with Crippen molar-refractivity contribution in [3.63, 3.8) is 0 Å². The molecule has 0 saturated carbocycles. The molecule has 0 fully saturated rings. The number of thiophene rings is 1. The average molecular weight is 256 g/mol. The number of hydrogen-bond donors (Lipinski definition) is 2. The molecule has 94 valence electrons. The van der Waals surface area contributed by atoms with E-state index in [1.165, 1.54) is 0 Å². The van der Waals surface area contributed by atoms with Crippen molar-refractivity contribution in [1.29, 1.82) is 0 Å². The Balaban J connectivity index is 3.13. The van der Waals surface area contributed by atoms with Crippen LogP contribution in [0.5, 0.6) is 0 Å². The van der Waals surface area contributed by atoms with E-state index in [1.807, 2.05) is 0 Å². The van der Waals surface area contributed by atoms with E-state index in [1.54, 1.807) is 27.7 Å². The smallest absolute Gasteiger partial charge is 0.349 e. The standard InChI is InChI=1S/C11H16N2O3S/c1-5-6(8(12)14)9(13)17-7(5)10(15)16-11(2,3)4/h13H2,1-4H3,(H2,12,14). The predicted molar refractivity (Wildman–Crippen MR) is 67.2 cm³/mol. The van der Waals surface area contributed by atoms with Crippen LogP contribution in [-0.4, -0.2) is 17.5 Å². The minimum absolute atomic E-state index is 0.204. The number of primary amides is 1. The van der Waals surface area contributed by atoms with Crippen LogP contribution in [0.2, 0.25) is 0 Å². The van der Waals surface area contributed by atoms with E-state index in [0.29, 0.717) is 10.4 Å². The van der Waals surface area contributed by atoms with Crippen LogP contribution in [0.25, 0.3) is 0 Å².